The van der Waals surface area contributed by atoms with Crippen molar-refractivity contribution < 1.29 is 0 Å². The van der Waals surface area contributed by atoms with E-state index in [4.69, 9.17) is 5.73 Å². The lowest BCUT2D eigenvalue weighted by atomic mass is 9.98. The van der Waals surface area contributed by atoms with Gasteiger partial charge in [0.25, 0.3) is 0 Å². The summed E-state index contributed by atoms with van der Waals surface area (Å²) in [6, 6.07) is 0. The Bertz CT molecular complexity index is 198. The molecule has 1 nitrogen and oxygen atoms in total. The zero-order chi connectivity index (χ0) is 17.0. The molecule has 0 aromatic rings. The molecule has 0 amide bonds. The van der Waals surface area contributed by atoms with Crippen molar-refractivity contribution in [2.45, 2.75) is 129 Å². The van der Waals surface area contributed by atoms with Gasteiger partial charge in [-0.2, -0.15) is 0 Å². The first-order valence-electron chi connectivity index (χ1n) is 11.0. The van der Waals surface area contributed by atoms with E-state index in [1.165, 1.54) is 116 Å². The van der Waals surface area contributed by atoms with Crippen LogP contribution in [0.3, 0.4) is 0 Å². The SMILES string of the molecule is CCCCCCCCCCCCCCCCCCC(CC)CN. The van der Waals surface area contributed by atoms with Gasteiger partial charge in [-0.1, -0.05) is 123 Å². The van der Waals surface area contributed by atoms with E-state index in [1.54, 1.807) is 0 Å². The predicted molar refractivity (Wildman–Crippen MR) is 107 cm³/mol. The van der Waals surface area contributed by atoms with Gasteiger partial charge >= 0.3 is 0 Å². The fraction of sp³-hybridized carbons (Fsp3) is 1.00. The third-order valence-corrected chi connectivity index (χ3v) is 5.38. The molecule has 0 saturated heterocycles. The molecule has 0 bridgehead atoms. The van der Waals surface area contributed by atoms with Crippen molar-refractivity contribution in [2.75, 3.05) is 6.54 Å². The van der Waals surface area contributed by atoms with Crippen LogP contribution in [0.15, 0.2) is 0 Å². The normalized spacial score (nSPS) is 12.7. The lowest BCUT2D eigenvalue weighted by molar-refractivity contribution is 0.445. The smallest absolute Gasteiger partial charge is 0.00490 e. The van der Waals surface area contributed by atoms with Crippen LogP contribution < -0.4 is 5.73 Å². The van der Waals surface area contributed by atoms with Crippen molar-refractivity contribution >= 4 is 0 Å². The average Bonchev–Trinajstić information content (AvgIpc) is 2.58. The number of unbranched alkanes of at least 4 members (excludes halogenated alkanes) is 15. The van der Waals surface area contributed by atoms with Crippen LogP contribution in [0.4, 0.5) is 0 Å². The summed E-state index contributed by atoms with van der Waals surface area (Å²) in [5, 5.41) is 0. The monoisotopic (exact) mass is 325 g/mol. The van der Waals surface area contributed by atoms with Crippen molar-refractivity contribution in [1.82, 2.24) is 0 Å². The van der Waals surface area contributed by atoms with E-state index >= 15 is 0 Å². The Morgan fingerprint density at radius 2 is 0.870 bits per heavy atom. The molecule has 0 radical (unpaired) electrons. The first-order valence-corrected chi connectivity index (χ1v) is 11.0. The summed E-state index contributed by atoms with van der Waals surface area (Å²) in [5.41, 5.74) is 5.75. The van der Waals surface area contributed by atoms with Crippen molar-refractivity contribution in [2.24, 2.45) is 11.7 Å². The Kier molecular flexibility index (Phi) is 20.0. The number of hydrogen-bond acceptors (Lipinski definition) is 1. The second-order valence-corrected chi connectivity index (χ2v) is 7.60. The van der Waals surface area contributed by atoms with Crippen molar-refractivity contribution in [3.8, 4) is 0 Å². The first-order chi connectivity index (χ1) is 11.3. The second kappa shape index (κ2) is 20.0. The molecule has 0 spiro atoms. The molecule has 0 aliphatic heterocycles. The van der Waals surface area contributed by atoms with E-state index in [0.29, 0.717) is 0 Å². The second-order valence-electron chi connectivity index (χ2n) is 7.60. The average molecular weight is 326 g/mol. The Hall–Kier alpha value is -0.0400. The highest BCUT2D eigenvalue weighted by Gasteiger charge is 2.02. The van der Waals surface area contributed by atoms with Crippen LogP contribution in [-0.4, -0.2) is 6.54 Å². The van der Waals surface area contributed by atoms with Gasteiger partial charge in [0.2, 0.25) is 0 Å². The molecule has 0 aromatic carbocycles. The van der Waals surface area contributed by atoms with Crippen LogP contribution in [0.5, 0.6) is 0 Å². The molecule has 0 rings (SSSR count). The fourth-order valence-electron chi connectivity index (χ4n) is 3.47. The predicted octanol–water partition coefficient (Wildman–Crippen LogP) is 7.62. The molecule has 0 aliphatic rings. The van der Waals surface area contributed by atoms with E-state index in [-0.39, 0.29) is 0 Å². The molecule has 0 aromatic heterocycles. The molecule has 1 heteroatoms. The van der Waals surface area contributed by atoms with Crippen molar-refractivity contribution in [3.05, 3.63) is 0 Å². The minimum absolute atomic E-state index is 0.779. The van der Waals surface area contributed by atoms with Gasteiger partial charge in [-0.25, -0.2) is 0 Å². The summed E-state index contributed by atoms with van der Waals surface area (Å²) in [5.74, 6) is 0.779. The summed E-state index contributed by atoms with van der Waals surface area (Å²) in [6.07, 6.45) is 25.9. The quantitative estimate of drug-likeness (QED) is 0.243. The number of hydrogen-bond donors (Lipinski definition) is 1. The minimum atomic E-state index is 0.779. The zero-order valence-corrected chi connectivity index (χ0v) is 16.6. The molecule has 140 valence electrons. The van der Waals surface area contributed by atoms with Gasteiger partial charge in [-0.05, 0) is 18.9 Å². The van der Waals surface area contributed by atoms with Gasteiger partial charge in [0.15, 0.2) is 0 Å². The molecule has 0 saturated carbocycles. The van der Waals surface area contributed by atoms with Crippen molar-refractivity contribution in [1.29, 1.82) is 0 Å². The van der Waals surface area contributed by atoms with Crippen LogP contribution >= 0.6 is 0 Å². The third-order valence-electron chi connectivity index (χ3n) is 5.38. The highest BCUT2D eigenvalue weighted by Crippen LogP contribution is 2.16. The Morgan fingerprint density at radius 1 is 0.522 bits per heavy atom. The maximum absolute atomic E-state index is 5.75. The fourth-order valence-corrected chi connectivity index (χ4v) is 3.47. The van der Waals surface area contributed by atoms with Crippen LogP contribution in [0.25, 0.3) is 0 Å². The van der Waals surface area contributed by atoms with Crippen LogP contribution in [-0.2, 0) is 0 Å². The summed E-state index contributed by atoms with van der Waals surface area (Å²) in [7, 11) is 0. The highest BCUT2D eigenvalue weighted by molar-refractivity contribution is 4.58. The number of nitrogens with two attached hydrogens (primary N) is 1. The maximum Gasteiger partial charge on any atom is -0.00490 e. The Balaban J connectivity index is 3.02. The lowest BCUT2D eigenvalue weighted by Crippen LogP contribution is -2.13. The topological polar surface area (TPSA) is 26.0 Å². The molecule has 2 N–H and O–H groups in total. The van der Waals surface area contributed by atoms with Crippen molar-refractivity contribution in [3.63, 3.8) is 0 Å². The summed E-state index contributed by atoms with van der Waals surface area (Å²) in [4.78, 5) is 0. The maximum atomic E-state index is 5.75. The van der Waals surface area contributed by atoms with E-state index in [0.717, 1.165) is 12.5 Å². The van der Waals surface area contributed by atoms with Gasteiger partial charge in [0.05, 0.1) is 0 Å². The molecule has 0 heterocycles. The molecule has 23 heavy (non-hydrogen) atoms. The van der Waals surface area contributed by atoms with E-state index in [2.05, 4.69) is 13.8 Å². The standard InChI is InChI=1S/C22H47N/c1-3-5-6-7-8-9-10-11-12-13-14-15-16-17-18-19-20-22(4-2)21-23/h22H,3-21,23H2,1-2H3. The molecule has 0 fully saturated rings. The lowest BCUT2D eigenvalue weighted by Gasteiger charge is -2.11. The summed E-state index contributed by atoms with van der Waals surface area (Å²) in [6.45, 7) is 5.45. The van der Waals surface area contributed by atoms with Gasteiger partial charge in [-0.15, -0.1) is 0 Å². The van der Waals surface area contributed by atoms with E-state index in [1.807, 2.05) is 0 Å². The van der Waals surface area contributed by atoms with Gasteiger partial charge in [-0.3, -0.25) is 0 Å². The Labute approximate surface area is 148 Å². The first kappa shape index (κ1) is 23.0. The van der Waals surface area contributed by atoms with Gasteiger partial charge in [0.1, 0.15) is 0 Å². The molecular formula is C22H47N. The molecule has 1 atom stereocenters. The Morgan fingerprint density at radius 3 is 1.17 bits per heavy atom. The zero-order valence-electron chi connectivity index (χ0n) is 16.6. The third kappa shape index (κ3) is 18.1. The largest absolute Gasteiger partial charge is 0.330 e. The molecule has 0 aliphatic carbocycles. The van der Waals surface area contributed by atoms with Crippen LogP contribution in [0.2, 0.25) is 0 Å². The molecule has 1 unspecified atom stereocenters. The van der Waals surface area contributed by atoms with E-state index < -0.39 is 0 Å². The van der Waals surface area contributed by atoms with Crippen LogP contribution in [0, 0.1) is 5.92 Å². The molecular weight excluding hydrogens is 278 g/mol. The summed E-state index contributed by atoms with van der Waals surface area (Å²) >= 11 is 0. The minimum Gasteiger partial charge on any atom is -0.330 e. The van der Waals surface area contributed by atoms with Crippen LogP contribution in [0.1, 0.15) is 129 Å². The van der Waals surface area contributed by atoms with E-state index in [9.17, 15) is 0 Å². The number of rotatable bonds is 19. The van der Waals surface area contributed by atoms with Gasteiger partial charge in [0, 0.05) is 0 Å². The summed E-state index contributed by atoms with van der Waals surface area (Å²) < 4.78 is 0. The highest BCUT2D eigenvalue weighted by atomic mass is 14.5. The van der Waals surface area contributed by atoms with Gasteiger partial charge < -0.3 is 5.73 Å².